The third-order valence-corrected chi connectivity index (χ3v) is 3.30. The van der Waals surface area contributed by atoms with Crippen LogP contribution in [0.3, 0.4) is 0 Å². The van der Waals surface area contributed by atoms with Gasteiger partial charge in [-0.1, -0.05) is 11.6 Å². The van der Waals surface area contributed by atoms with E-state index in [9.17, 15) is 9.18 Å². The number of carbonyl (C=O) groups is 1. The molecule has 0 amide bonds. The molecule has 0 spiro atoms. The van der Waals surface area contributed by atoms with E-state index in [2.05, 4.69) is 10.3 Å². The minimum atomic E-state index is -0.777. The van der Waals surface area contributed by atoms with Gasteiger partial charge in [-0.05, 0) is 32.3 Å². The number of hydrogen-bond acceptors (Lipinski definition) is 4. The first kappa shape index (κ1) is 14.1. The predicted octanol–water partition coefficient (Wildman–Crippen LogP) is 3.21. The number of carbonyl (C=O) groups excluding carboxylic acids is 1. The van der Waals surface area contributed by atoms with Gasteiger partial charge in [0.05, 0.1) is 12.3 Å². The Kier molecular flexibility index (Phi) is 4.58. The van der Waals surface area contributed by atoms with Crippen molar-refractivity contribution in [3.05, 3.63) is 23.0 Å². The average molecular weight is 287 g/mol. The van der Waals surface area contributed by atoms with Crippen LogP contribution in [0.25, 0.3) is 0 Å². The van der Waals surface area contributed by atoms with Crippen LogP contribution in [-0.4, -0.2) is 29.8 Å². The minimum absolute atomic E-state index is 0.0154. The number of ether oxygens (including phenoxy) is 1. The first-order valence-corrected chi connectivity index (χ1v) is 6.71. The first-order chi connectivity index (χ1) is 9.10. The maximum atomic E-state index is 13.2. The topological polar surface area (TPSA) is 51.2 Å². The summed E-state index contributed by atoms with van der Waals surface area (Å²) in [4.78, 5) is 15.7. The fourth-order valence-electron chi connectivity index (χ4n) is 2.20. The van der Waals surface area contributed by atoms with Crippen molar-refractivity contribution in [1.82, 2.24) is 4.98 Å². The van der Waals surface area contributed by atoms with Crippen molar-refractivity contribution in [2.24, 2.45) is 0 Å². The Hall–Kier alpha value is -1.36. The number of rotatable bonds is 4. The Morgan fingerprint density at radius 3 is 3.05 bits per heavy atom. The molecule has 0 aliphatic heterocycles. The van der Waals surface area contributed by atoms with Gasteiger partial charge in [0.25, 0.3) is 0 Å². The van der Waals surface area contributed by atoms with E-state index in [1.165, 1.54) is 6.20 Å². The Morgan fingerprint density at radius 1 is 1.63 bits per heavy atom. The van der Waals surface area contributed by atoms with Crippen molar-refractivity contribution in [3.63, 3.8) is 0 Å². The van der Waals surface area contributed by atoms with E-state index in [4.69, 9.17) is 16.3 Å². The lowest BCUT2D eigenvalue weighted by atomic mass is 10.2. The zero-order valence-electron chi connectivity index (χ0n) is 10.7. The molecule has 2 atom stereocenters. The van der Waals surface area contributed by atoms with Gasteiger partial charge >= 0.3 is 5.97 Å². The molecule has 1 aliphatic carbocycles. The molecule has 4 nitrogen and oxygen atoms in total. The van der Waals surface area contributed by atoms with Crippen LogP contribution in [-0.2, 0) is 4.74 Å². The van der Waals surface area contributed by atoms with E-state index in [1.807, 2.05) is 0 Å². The van der Waals surface area contributed by atoms with Crippen LogP contribution in [0.2, 0.25) is 5.15 Å². The normalized spacial score (nSPS) is 22.3. The summed E-state index contributed by atoms with van der Waals surface area (Å²) >= 11 is 5.84. The van der Waals surface area contributed by atoms with Gasteiger partial charge in [0.15, 0.2) is 0 Å². The highest BCUT2D eigenvalue weighted by Gasteiger charge is 2.25. The van der Waals surface area contributed by atoms with Crippen LogP contribution >= 0.6 is 11.6 Å². The number of nitrogens with zero attached hydrogens (tertiary/aromatic N) is 1. The van der Waals surface area contributed by atoms with E-state index in [-0.39, 0.29) is 17.8 Å². The average Bonchev–Trinajstić information content (AvgIpc) is 2.75. The minimum Gasteiger partial charge on any atom is -0.462 e. The lowest BCUT2D eigenvalue weighted by Crippen LogP contribution is -2.19. The zero-order chi connectivity index (χ0) is 13.8. The standard InChI is InChI=1S/C13H16ClFN2O2/c1-2-19-13(18)10-7-16-12(14)6-11(10)17-9-4-3-8(15)5-9/h6-9H,2-5H2,1H3,(H,16,17)/t8-,9?/m0/s1. The Labute approximate surface area is 116 Å². The van der Waals surface area contributed by atoms with Crippen molar-refractivity contribution >= 4 is 23.3 Å². The van der Waals surface area contributed by atoms with Crippen molar-refractivity contribution in [2.75, 3.05) is 11.9 Å². The lowest BCUT2D eigenvalue weighted by molar-refractivity contribution is 0.0527. The number of anilines is 1. The number of esters is 1. The first-order valence-electron chi connectivity index (χ1n) is 6.33. The number of nitrogens with one attached hydrogen (secondary N) is 1. The van der Waals surface area contributed by atoms with Gasteiger partial charge in [0.2, 0.25) is 0 Å². The van der Waals surface area contributed by atoms with Crippen LogP contribution < -0.4 is 5.32 Å². The number of alkyl halides is 1. The van der Waals surface area contributed by atoms with E-state index in [0.29, 0.717) is 24.1 Å². The monoisotopic (exact) mass is 286 g/mol. The van der Waals surface area contributed by atoms with Crippen LogP contribution in [0.1, 0.15) is 36.5 Å². The van der Waals surface area contributed by atoms with Gasteiger partial charge in [-0.3, -0.25) is 0 Å². The van der Waals surface area contributed by atoms with Gasteiger partial charge < -0.3 is 10.1 Å². The second kappa shape index (κ2) is 6.19. The fraction of sp³-hybridized carbons (Fsp3) is 0.538. The molecule has 1 N–H and O–H groups in total. The molecule has 104 valence electrons. The maximum Gasteiger partial charge on any atom is 0.341 e. The summed E-state index contributed by atoms with van der Waals surface area (Å²) in [6.07, 6.45) is 2.34. The molecule has 6 heteroatoms. The summed E-state index contributed by atoms with van der Waals surface area (Å²) in [7, 11) is 0. The molecule has 1 saturated carbocycles. The van der Waals surface area contributed by atoms with Crippen LogP contribution in [0, 0.1) is 0 Å². The van der Waals surface area contributed by atoms with Gasteiger partial charge in [-0.25, -0.2) is 14.2 Å². The number of hydrogen-bond donors (Lipinski definition) is 1. The highest BCUT2D eigenvalue weighted by atomic mass is 35.5. The molecule has 19 heavy (non-hydrogen) atoms. The van der Waals surface area contributed by atoms with Gasteiger partial charge in [0, 0.05) is 12.2 Å². The number of pyridine rings is 1. The second-order valence-corrected chi connectivity index (χ2v) is 4.91. The predicted molar refractivity (Wildman–Crippen MR) is 71.4 cm³/mol. The van der Waals surface area contributed by atoms with Crippen molar-refractivity contribution in [3.8, 4) is 0 Å². The third kappa shape index (κ3) is 3.56. The Balaban J connectivity index is 2.17. The molecule has 0 saturated heterocycles. The summed E-state index contributed by atoms with van der Waals surface area (Å²) in [5.74, 6) is -0.455. The van der Waals surface area contributed by atoms with E-state index < -0.39 is 12.1 Å². The molecule has 2 rings (SSSR count). The van der Waals surface area contributed by atoms with Gasteiger partial charge in [-0.2, -0.15) is 0 Å². The largest absolute Gasteiger partial charge is 0.462 e. The summed E-state index contributed by atoms with van der Waals surface area (Å²) in [6.45, 7) is 2.02. The number of halogens is 2. The number of aromatic nitrogens is 1. The van der Waals surface area contributed by atoms with Crippen molar-refractivity contribution in [2.45, 2.75) is 38.4 Å². The van der Waals surface area contributed by atoms with Gasteiger partial charge in [-0.15, -0.1) is 0 Å². The van der Waals surface area contributed by atoms with E-state index in [0.717, 1.165) is 6.42 Å². The molecule has 1 fully saturated rings. The van der Waals surface area contributed by atoms with Crippen molar-refractivity contribution < 1.29 is 13.9 Å². The summed E-state index contributed by atoms with van der Waals surface area (Å²) in [5, 5.41) is 3.44. The third-order valence-electron chi connectivity index (χ3n) is 3.09. The van der Waals surface area contributed by atoms with Crippen molar-refractivity contribution in [1.29, 1.82) is 0 Å². The molecule has 1 aromatic rings. The van der Waals surface area contributed by atoms with Gasteiger partial charge in [0.1, 0.15) is 16.9 Å². The Bertz CT molecular complexity index is 470. The quantitative estimate of drug-likeness (QED) is 0.682. The Morgan fingerprint density at radius 2 is 2.42 bits per heavy atom. The molecule has 1 unspecified atom stereocenters. The summed E-state index contributed by atoms with van der Waals surface area (Å²) in [6, 6.07) is 1.58. The highest BCUT2D eigenvalue weighted by Crippen LogP contribution is 2.27. The summed E-state index contributed by atoms with van der Waals surface area (Å²) in [5.41, 5.74) is 0.881. The molecule has 1 aliphatic rings. The molecule has 0 radical (unpaired) electrons. The highest BCUT2D eigenvalue weighted by molar-refractivity contribution is 6.29. The zero-order valence-corrected chi connectivity index (χ0v) is 11.4. The second-order valence-electron chi connectivity index (χ2n) is 4.52. The molecule has 1 aromatic heterocycles. The summed E-state index contributed by atoms with van der Waals surface area (Å²) < 4.78 is 18.1. The molecular formula is C13H16ClFN2O2. The van der Waals surface area contributed by atoms with E-state index >= 15 is 0 Å². The molecule has 0 aromatic carbocycles. The smallest absolute Gasteiger partial charge is 0.341 e. The fourth-order valence-corrected chi connectivity index (χ4v) is 2.36. The molecule has 1 heterocycles. The maximum absolute atomic E-state index is 13.2. The lowest BCUT2D eigenvalue weighted by Gasteiger charge is -2.16. The van der Waals surface area contributed by atoms with Crippen LogP contribution in [0.15, 0.2) is 12.3 Å². The molecule has 0 bridgehead atoms. The van der Waals surface area contributed by atoms with Crippen LogP contribution in [0.4, 0.5) is 10.1 Å². The molecular weight excluding hydrogens is 271 g/mol. The van der Waals surface area contributed by atoms with E-state index in [1.54, 1.807) is 13.0 Å². The van der Waals surface area contributed by atoms with Crippen LogP contribution in [0.5, 0.6) is 0 Å². The SMILES string of the molecule is CCOC(=O)c1cnc(Cl)cc1NC1CC[C@H](F)C1.